The van der Waals surface area contributed by atoms with Crippen molar-refractivity contribution in [3.05, 3.63) is 71.4 Å². The van der Waals surface area contributed by atoms with Crippen LogP contribution in [-0.4, -0.2) is 12.6 Å². The van der Waals surface area contributed by atoms with Crippen LogP contribution in [0.15, 0.2) is 54.7 Å². The summed E-state index contributed by atoms with van der Waals surface area (Å²) < 4.78 is 0. The van der Waals surface area contributed by atoms with Gasteiger partial charge in [-0.3, -0.25) is 4.90 Å². The first-order chi connectivity index (χ1) is 10.2. The predicted molar refractivity (Wildman–Crippen MR) is 86.2 cm³/mol. The molecule has 1 aliphatic heterocycles. The van der Waals surface area contributed by atoms with Gasteiger partial charge in [0, 0.05) is 18.4 Å². The molecule has 106 valence electrons. The molecule has 21 heavy (non-hydrogen) atoms. The van der Waals surface area contributed by atoms with Crippen LogP contribution in [0, 0.1) is 6.92 Å². The Labute approximate surface area is 124 Å². The van der Waals surface area contributed by atoms with Crippen molar-refractivity contribution in [2.24, 2.45) is 0 Å². The standard InChI is InChI=1S/C18H18N2O/c1-14-5-4-6-15(13-14)9-11-19-18(21)20-12-10-16-7-2-3-8-17(16)20/h2-9,11,13H,10,12H2,1H3,(H,19,21)/b11-9+. The van der Waals surface area contributed by atoms with Crippen molar-refractivity contribution in [1.82, 2.24) is 5.32 Å². The molecule has 0 saturated carbocycles. The summed E-state index contributed by atoms with van der Waals surface area (Å²) in [6.45, 7) is 2.79. The monoisotopic (exact) mass is 278 g/mol. The van der Waals surface area contributed by atoms with Crippen LogP contribution in [0.25, 0.3) is 6.08 Å². The van der Waals surface area contributed by atoms with Crippen molar-refractivity contribution < 1.29 is 4.79 Å². The minimum Gasteiger partial charge on any atom is -0.314 e. The molecule has 0 fully saturated rings. The number of hydrogen-bond donors (Lipinski definition) is 1. The van der Waals surface area contributed by atoms with E-state index < -0.39 is 0 Å². The van der Waals surface area contributed by atoms with Crippen LogP contribution < -0.4 is 10.2 Å². The first-order valence-electron chi connectivity index (χ1n) is 7.13. The third kappa shape index (κ3) is 2.97. The lowest BCUT2D eigenvalue weighted by atomic mass is 10.1. The molecule has 1 heterocycles. The molecule has 2 amide bonds. The lowest BCUT2D eigenvalue weighted by Gasteiger charge is -2.16. The first-order valence-corrected chi connectivity index (χ1v) is 7.13. The summed E-state index contributed by atoms with van der Waals surface area (Å²) in [6, 6.07) is 16.1. The number of para-hydroxylation sites is 1. The van der Waals surface area contributed by atoms with Gasteiger partial charge in [-0.1, -0.05) is 48.0 Å². The zero-order chi connectivity index (χ0) is 14.7. The Morgan fingerprint density at radius 1 is 1.19 bits per heavy atom. The van der Waals surface area contributed by atoms with Gasteiger partial charge in [-0.15, -0.1) is 0 Å². The molecule has 0 aliphatic carbocycles. The largest absolute Gasteiger partial charge is 0.325 e. The van der Waals surface area contributed by atoms with Gasteiger partial charge >= 0.3 is 6.03 Å². The Bertz CT molecular complexity index is 691. The Hall–Kier alpha value is -2.55. The van der Waals surface area contributed by atoms with Crippen molar-refractivity contribution in [1.29, 1.82) is 0 Å². The van der Waals surface area contributed by atoms with Crippen molar-refractivity contribution in [3.8, 4) is 0 Å². The molecule has 0 saturated heterocycles. The van der Waals surface area contributed by atoms with Gasteiger partial charge in [0.1, 0.15) is 0 Å². The first kappa shape index (κ1) is 13.4. The highest BCUT2D eigenvalue weighted by molar-refractivity contribution is 5.95. The molecule has 2 aromatic rings. The molecule has 0 spiro atoms. The highest BCUT2D eigenvalue weighted by Gasteiger charge is 2.23. The average Bonchev–Trinajstić information content (AvgIpc) is 2.91. The highest BCUT2D eigenvalue weighted by Crippen LogP contribution is 2.27. The smallest absolute Gasteiger partial charge is 0.314 e. The minimum atomic E-state index is -0.0798. The average molecular weight is 278 g/mol. The predicted octanol–water partition coefficient (Wildman–Crippen LogP) is 3.74. The molecular weight excluding hydrogens is 260 g/mol. The normalized spacial score (nSPS) is 13.5. The molecule has 3 heteroatoms. The van der Waals surface area contributed by atoms with E-state index in [2.05, 4.69) is 30.4 Å². The van der Waals surface area contributed by atoms with Crippen LogP contribution in [0.1, 0.15) is 16.7 Å². The second-order valence-corrected chi connectivity index (χ2v) is 5.23. The van der Waals surface area contributed by atoms with E-state index in [9.17, 15) is 4.79 Å². The van der Waals surface area contributed by atoms with Crippen LogP contribution in [-0.2, 0) is 6.42 Å². The summed E-state index contributed by atoms with van der Waals surface area (Å²) in [5.74, 6) is 0. The van der Waals surface area contributed by atoms with Crippen molar-refractivity contribution >= 4 is 17.8 Å². The Balaban J connectivity index is 1.65. The number of amides is 2. The number of hydrogen-bond acceptors (Lipinski definition) is 1. The number of carbonyl (C=O) groups is 1. The molecule has 3 nitrogen and oxygen atoms in total. The highest BCUT2D eigenvalue weighted by atomic mass is 16.2. The molecule has 1 aliphatic rings. The van der Waals surface area contributed by atoms with Gasteiger partial charge in [0.05, 0.1) is 0 Å². The van der Waals surface area contributed by atoms with Crippen LogP contribution in [0.2, 0.25) is 0 Å². The molecule has 0 aromatic heterocycles. The quantitative estimate of drug-likeness (QED) is 0.891. The lowest BCUT2D eigenvalue weighted by Crippen LogP contribution is -2.36. The molecule has 3 rings (SSSR count). The van der Waals surface area contributed by atoms with E-state index in [1.807, 2.05) is 36.4 Å². The summed E-state index contributed by atoms with van der Waals surface area (Å²) in [4.78, 5) is 14.0. The van der Waals surface area contributed by atoms with E-state index in [-0.39, 0.29) is 6.03 Å². The van der Waals surface area contributed by atoms with Gasteiger partial charge < -0.3 is 5.32 Å². The second-order valence-electron chi connectivity index (χ2n) is 5.23. The van der Waals surface area contributed by atoms with E-state index >= 15 is 0 Å². The van der Waals surface area contributed by atoms with Crippen LogP contribution in [0.5, 0.6) is 0 Å². The van der Waals surface area contributed by atoms with Crippen LogP contribution in [0.3, 0.4) is 0 Å². The van der Waals surface area contributed by atoms with Gasteiger partial charge in [0.25, 0.3) is 0 Å². The molecular formula is C18H18N2O. The topological polar surface area (TPSA) is 32.3 Å². The number of carbonyl (C=O) groups excluding carboxylic acids is 1. The Morgan fingerprint density at radius 2 is 2.05 bits per heavy atom. The van der Waals surface area contributed by atoms with E-state index in [1.54, 1.807) is 11.1 Å². The number of nitrogens with zero attached hydrogens (tertiary/aromatic N) is 1. The summed E-state index contributed by atoms with van der Waals surface area (Å²) in [7, 11) is 0. The molecule has 0 bridgehead atoms. The molecule has 0 atom stereocenters. The maximum Gasteiger partial charge on any atom is 0.325 e. The third-order valence-corrected chi connectivity index (χ3v) is 3.66. The van der Waals surface area contributed by atoms with Gasteiger partial charge in [-0.25, -0.2) is 4.79 Å². The van der Waals surface area contributed by atoms with Crippen molar-refractivity contribution in [2.45, 2.75) is 13.3 Å². The molecule has 0 unspecified atom stereocenters. The van der Waals surface area contributed by atoms with Gasteiger partial charge in [0.2, 0.25) is 0 Å². The number of aryl methyl sites for hydroxylation is 1. The van der Waals surface area contributed by atoms with E-state index in [0.29, 0.717) is 0 Å². The fourth-order valence-electron chi connectivity index (χ4n) is 2.61. The maximum absolute atomic E-state index is 12.2. The number of benzene rings is 2. The van der Waals surface area contributed by atoms with Gasteiger partial charge in [-0.2, -0.15) is 0 Å². The minimum absolute atomic E-state index is 0.0798. The van der Waals surface area contributed by atoms with E-state index in [1.165, 1.54) is 11.1 Å². The van der Waals surface area contributed by atoms with Gasteiger partial charge in [0.15, 0.2) is 0 Å². The third-order valence-electron chi connectivity index (χ3n) is 3.66. The Morgan fingerprint density at radius 3 is 2.90 bits per heavy atom. The number of nitrogens with one attached hydrogen (secondary N) is 1. The second kappa shape index (κ2) is 5.83. The summed E-state index contributed by atoms with van der Waals surface area (Å²) in [5, 5.41) is 2.84. The maximum atomic E-state index is 12.2. The fourth-order valence-corrected chi connectivity index (χ4v) is 2.61. The molecule has 0 radical (unpaired) electrons. The van der Waals surface area contributed by atoms with Gasteiger partial charge in [-0.05, 0) is 36.6 Å². The summed E-state index contributed by atoms with van der Waals surface area (Å²) in [5.41, 5.74) is 4.53. The SMILES string of the molecule is Cc1cccc(/C=C/NC(=O)N2CCc3ccccc32)c1. The van der Waals surface area contributed by atoms with E-state index in [0.717, 1.165) is 24.2 Å². The number of fused-ring (bicyclic) bond motifs is 1. The van der Waals surface area contributed by atoms with Crippen LogP contribution in [0.4, 0.5) is 10.5 Å². The summed E-state index contributed by atoms with van der Waals surface area (Å²) in [6.07, 6.45) is 4.54. The Kier molecular flexibility index (Phi) is 3.73. The molecule has 2 aromatic carbocycles. The van der Waals surface area contributed by atoms with Crippen LogP contribution >= 0.6 is 0 Å². The zero-order valence-electron chi connectivity index (χ0n) is 12.0. The van der Waals surface area contributed by atoms with E-state index in [4.69, 9.17) is 0 Å². The van der Waals surface area contributed by atoms with Crippen molar-refractivity contribution in [3.63, 3.8) is 0 Å². The zero-order valence-corrected chi connectivity index (χ0v) is 12.0. The molecule has 1 N–H and O–H groups in total. The van der Waals surface area contributed by atoms with Crippen molar-refractivity contribution in [2.75, 3.05) is 11.4 Å². The number of urea groups is 1. The fraction of sp³-hybridized carbons (Fsp3) is 0.167. The number of rotatable bonds is 2. The number of anilines is 1. The summed E-state index contributed by atoms with van der Waals surface area (Å²) >= 11 is 0. The lowest BCUT2D eigenvalue weighted by molar-refractivity contribution is 0.250.